The maximum absolute atomic E-state index is 10.6. The van der Waals surface area contributed by atoms with Gasteiger partial charge < -0.3 is 4.84 Å². The van der Waals surface area contributed by atoms with Gasteiger partial charge in [-0.25, -0.2) is 0 Å². The molecule has 0 aromatic rings. The number of hydrogen-bond donors (Lipinski definition) is 1. The minimum absolute atomic E-state index is 0.102. The summed E-state index contributed by atoms with van der Waals surface area (Å²) in [6, 6.07) is 0. The lowest BCUT2D eigenvalue weighted by Crippen LogP contribution is -2.22. The second-order valence-corrected chi connectivity index (χ2v) is 2.47. The van der Waals surface area contributed by atoms with Gasteiger partial charge in [0, 0.05) is 0 Å². The molecular weight excluding hydrogens is 118 g/mol. The number of carbonyl (C=O) groups excluding carboxylic acids is 1. The Bertz CT molecular complexity index is 101. The van der Waals surface area contributed by atoms with Crippen molar-refractivity contribution in [3.63, 3.8) is 0 Å². The van der Waals surface area contributed by atoms with Crippen LogP contribution < -0.4 is 5.90 Å². The van der Waals surface area contributed by atoms with Crippen LogP contribution in [0.5, 0.6) is 0 Å². The van der Waals surface area contributed by atoms with E-state index in [-0.39, 0.29) is 11.9 Å². The molecule has 0 aromatic carbocycles. The van der Waals surface area contributed by atoms with Gasteiger partial charge in [-0.3, -0.25) is 4.79 Å². The van der Waals surface area contributed by atoms with Gasteiger partial charge in [-0.15, -0.1) is 0 Å². The van der Waals surface area contributed by atoms with E-state index in [2.05, 4.69) is 10.7 Å². The topological polar surface area (TPSA) is 52.3 Å². The van der Waals surface area contributed by atoms with Crippen molar-refractivity contribution >= 4 is 5.97 Å². The molecule has 1 unspecified atom stereocenters. The average molecular weight is 131 g/mol. The highest BCUT2D eigenvalue weighted by molar-refractivity contribution is 5.71. The predicted octanol–water partition coefficient (Wildman–Crippen LogP) is 0.695. The molecule has 0 saturated carbocycles. The van der Waals surface area contributed by atoms with Crippen LogP contribution in [0.2, 0.25) is 0 Å². The summed E-state index contributed by atoms with van der Waals surface area (Å²) in [4.78, 5) is 14.6. The molecule has 0 aromatic heterocycles. The van der Waals surface area contributed by atoms with E-state index in [0.717, 1.165) is 0 Å². The van der Waals surface area contributed by atoms with Gasteiger partial charge in [0.1, 0.15) is 0 Å². The summed E-state index contributed by atoms with van der Waals surface area (Å²) < 4.78 is 0. The van der Waals surface area contributed by atoms with Gasteiger partial charge in [0.2, 0.25) is 0 Å². The van der Waals surface area contributed by atoms with Crippen molar-refractivity contribution < 1.29 is 9.63 Å². The van der Waals surface area contributed by atoms with Crippen molar-refractivity contribution in [1.29, 1.82) is 0 Å². The fourth-order valence-electron chi connectivity index (χ4n) is 0.379. The quantitative estimate of drug-likeness (QED) is 0.561. The highest BCUT2D eigenvalue weighted by Gasteiger charge is 2.16. The molecule has 0 aliphatic rings. The molecule has 0 aliphatic carbocycles. The molecule has 0 spiro atoms. The molecule has 54 valence electrons. The molecule has 9 heavy (non-hydrogen) atoms. The van der Waals surface area contributed by atoms with Crippen molar-refractivity contribution in [2.24, 2.45) is 17.7 Å². The zero-order chi connectivity index (χ0) is 7.44. The van der Waals surface area contributed by atoms with Gasteiger partial charge in [0.15, 0.2) is 0 Å². The molecule has 0 rings (SSSR count). The third kappa shape index (κ3) is 2.46. The van der Waals surface area contributed by atoms with Crippen LogP contribution in [0, 0.1) is 11.8 Å². The first kappa shape index (κ1) is 8.43. The first-order valence-electron chi connectivity index (χ1n) is 3.00. The van der Waals surface area contributed by atoms with E-state index < -0.39 is 0 Å². The summed E-state index contributed by atoms with van der Waals surface area (Å²) in [5.74, 6) is 4.51. The molecule has 0 heterocycles. The van der Waals surface area contributed by atoms with E-state index in [1.165, 1.54) is 0 Å². The lowest BCUT2D eigenvalue weighted by atomic mass is 9.99. The molecule has 0 saturated heterocycles. The first-order valence-corrected chi connectivity index (χ1v) is 3.00. The van der Waals surface area contributed by atoms with E-state index in [1.807, 2.05) is 13.8 Å². The Morgan fingerprint density at radius 1 is 1.44 bits per heavy atom. The van der Waals surface area contributed by atoms with Crippen molar-refractivity contribution in [3.05, 3.63) is 0 Å². The van der Waals surface area contributed by atoms with Crippen LogP contribution in [0.4, 0.5) is 0 Å². The van der Waals surface area contributed by atoms with Crippen LogP contribution in [0.25, 0.3) is 0 Å². The van der Waals surface area contributed by atoms with Crippen LogP contribution in [-0.4, -0.2) is 5.97 Å². The van der Waals surface area contributed by atoms with Gasteiger partial charge in [-0.1, -0.05) is 20.8 Å². The van der Waals surface area contributed by atoms with Crippen molar-refractivity contribution in [2.45, 2.75) is 20.8 Å². The van der Waals surface area contributed by atoms with Crippen LogP contribution >= 0.6 is 0 Å². The molecular formula is C6H13NO2. The Morgan fingerprint density at radius 3 is 2.00 bits per heavy atom. The Balaban J connectivity index is 3.72. The molecule has 0 aliphatic heterocycles. The Hall–Kier alpha value is -0.570. The summed E-state index contributed by atoms with van der Waals surface area (Å²) in [5.41, 5.74) is 0. The maximum atomic E-state index is 10.6. The van der Waals surface area contributed by atoms with E-state index in [0.29, 0.717) is 5.92 Å². The maximum Gasteiger partial charge on any atom is 0.327 e. The summed E-state index contributed by atoms with van der Waals surface area (Å²) in [5, 5.41) is 0. The Kier molecular flexibility index (Phi) is 3.24. The molecule has 0 amide bonds. The molecule has 1 atom stereocenters. The minimum atomic E-state index is -0.343. The number of nitrogens with two attached hydrogens (primary N) is 1. The fraction of sp³-hybridized carbons (Fsp3) is 0.833. The van der Waals surface area contributed by atoms with Crippen molar-refractivity contribution in [1.82, 2.24) is 0 Å². The minimum Gasteiger partial charge on any atom is -0.373 e. The van der Waals surface area contributed by atoms with Crippen molar-refractivity contribution in [3.8, 4) is 0 Å². The highest BCUT2D eigenvalue weighted by Crippen LogP contribution is 2.09. The third-order valence-electron chi connectivity index (χ3n) is 1.49. The normalized spacial score (nSPS) is 13.4. The zero-order valence-corrected chi connectivity index (χ0v) is 6.05. The molecule has 3 heteroatoms. The smallest absolute Gasteiger partial charge is 0.327 e. The highest BCUT2D eigenvalue weighted by atomic mass is 16.7. The summed E-state index contributed by atoms with van der Waals surface area (Å²) >= 11 is 0. The molecule has 0 radical (unpaired) electrons. The van der Waals surface area contributed by atoms with Gasteiger partial charge >= 0.3 is 5.97 Å². The van der Waals surface area contributed by atoms with E-state index in [1.54, 1.807) is 6.92 Å². The second kappa shape index (κ2) is 3.45. The monoisotopic (exact) mass is 131 g/mol. The van der Waals surface area contributed by atoms with Gasteiger partial charge in [-0.2, -0.15) is 5.90 Å². The number of carbonyl (C=O) groups is 1. The summed E-state index contributed by atoms with van der Waals surface area (Å²) in [6.45, 7) is 5.68. The summed E-state index contributed by atoms with van der Waals surface area (Å²) in [7, 11) is 0. The molecule has 0 fully saturated rings. The van der Waals surface area contributed by atoms with Crippen LogP contribution in [0.1, 0.15) is 20.8 Å². The predicted molar refractivity (Wildman–Crippen MR) is 34.3 cm³/mol. The Morgan fingerprint density at radius 2 is 1.89 bits per heavy atom. The third-order valence-corrected chi connectivity index (χ3v) is 1.49. The van der Waals surface area contributed by atoms with Gasteiger partial charge in [-0.05, 0) is 5.92 Å². The van der Waals surface area contributed by atoms with Crippen molar-refractivity contribution in [2.75, 3.05) is 0 Å². The zero-order valence-electron chi connectivity index (χ0n) is 6.05. The average Bonchev–Trinajstić information content (AvgIpc) is 1.84. The van der Waals surface area contributed by atoms with Crippen LogP contribution in [0.3, 0.4) is 0 Å². The van der Waals surface area contributed by atoms with Gasteiger partial charge in [0.05, 0.1) is 5.92 Å². The molecule has 3 nitrogen and oxygen atoms in total. The fourth-order valence-corrected chi connectivity index (χ4v) is 0.379. The second-order valence-electron chi connectivity index (χ2n) is 2.47. The lowest BCUT2D eigenvalue weighted by Gasteiger charge is -2.10. The largest absolute Gasteiger partial charge is 0.373 e. The first-order chi connectivity index (χ1) is 4.09. The van der Waals surface area contributed by atoms with Crippen LogP contribution in [-0.2, 0) is 9.63 Å². The van der Waals surface area contributed by atoms with Crippen LogP contribution in [0.15, 0.2) is 0 Å². The number of rotatable bonds is 2. The Labute approximate surface area is 55.1 Å². The lowest BCUT2D eigenvalue weighted by molar-refractivity contribution is -0.149. The van der Waals surface area contributed by atoms with E-state index in [4.69, 9.17) is 0 Å². The number of hydrogen-bond acceptors (Lipinski definition) is 3. The van der Waals surface area contributed by atoms with E-state index in [9.17, 15) is 4.79 Å². The molecule has 0 bridgehead atoms. The van der Waals surface area contributed by atoms with E-state index >= 15 is 0 Å². The van der Waals surface area contributed by atoms with Gasteiger partial charge in [0.25, 0.3) is 0 Å². The molecule has 2 N–H and O–H groups in total. The summed E-state index contributed by atoms with van der Waals surface area (Å²) in [6.07, 6.45) is 0. The SMILES string of the molecule is CC(C)C(C)C(=O)ON. The standard InChI is InChI=1S/C6H13NO2/c1-4(2)5(3)6(8)9-7/h4-5H,7H2,1-3H3.